The van der Waals surface area contributed by atoms with Gasteiger partial charge in [-0.3, -0.25) is 4.79 Å². The van der Waals surface area contributed by atoms with Gasteiger partial charge in [-0.1, -0.05) is 76.9 Å². The molecule has 0 unspecified atom stereocenters. The fraction of sp³-hybridized carbons (Fsp3) is 0.842. The first-order valence-electron chi connectivity index (χ1n) is 9.11. The maximum atomic E-state index is 10.6. The van der Waals surface area contributed by atoms with Crippen molar-refractivity contribution in [2.75, 3.05) is 0 Å². The van der Waals surface area contributed by atoms with Crippen molar-refractivity contribution >= 4 is 5.91 Å². The number of allylic oxidation sites excluding steroid dienone is 1. The molecular weight excluding hydrogens is 258 g/mol. The molecule has 0 aromatic carbocycles. The van der Waals surface area contributed by atoms with E-state index in [2.05, 4.69) is 13.5 Å². The quantitative estimate of drug-likeness (QED) is 0.279. The van der Waals surface area contributed by atoms with Crippen LogP contribution in [0.5, 0.6) is 0 Å². The van der Waals surface area contributed by atoms with E-state index in [0.717, 1.165) is 12.8 Å². The Kier molecular flexibility index (Phi) is 15.0. The van der Waals surface area contributed by atoms with E-state index >= 15 is 0 Å². The number of amides is 1. The summed E-state index contributed by atoms with van der Waals surface area (Å²) in [5, 5.41) is 0. The van der Waals surface area contributed by atoms with E-state index in [1.54, 1.807) is 0 Å². The number of nitrogens with two attached hydrogens (primary N) is 1. The van der Waals surface area contributed by atoms with Crippen molar-refractivity contribution in [3.05, 3.63) is 12.2 Å². The Bertz CT molecular complexity index is 260. The standard InChI is InChI=1S/C19H37NO/c1-3-4-5-6-7-9-12-15-18(2)16-13-10-8-11-14-17-19(20)21/h2-17H2,1H3,(H2,20,21). The number of hydrogen-bond acceptors (Lipinski definition) is 1. The zero-order chi connectivity index (χ0) is 15.8. The molecule has 0 aliphatic heterocycles. The second-order valence-electron chi connectivity index (χ2n) is 6.36. The van der Waals surface area contributed by atoms with Crippen LogP contribution in [-0.2, 0) is 4.79 Å². The highest BCUT2D eigenvalue weighted by molar-refractivity contribution is 5.73. The fourth-order valence-electron chi connectivity index (χ4n) is 2.66. The van der Waals surface area contributed by atoms with Crippen LogP contribution < -0.4 is 5.73 Å². The molecular formula is C19H37NO. The molecule has 0 heterocycles. The molecule has 2 N–H and O–H groups in total. The molecule has 0 saturated heterocycles. The summed E-state index contributed by atoms with van der Waals surface area (Å²) < 4.78 is 0. The Morgan fingerprint density at radius 2 is 1.10 bits per heavy atom. The predicted molar refractivity (Wildman–Crippen MR) is 93.3 cm³/mol. The molecule has 0 saturated carbocycles. The summed E-state index contributed by atoms with van der Waals surface area (Å²) in [4.78, 5) is 10.6. The molecule has 1 amide bonds. The second-order valence-corrected chi connectivity index (χ2v) is 6.36. The normalized spacial score (nSPS) is 10.7. The molecule has 0 bridgehead atoms. The molecule has 0 spiro atoms. The van der Waals surface area contributed by atoms with E-state index < -0.39 is 0 Å². The summed E-state index contributed by atoms with van der Waals surface area (Å²) in [5.41, 5.74) is 6.55. The average molecular weight is 296 g/mol. The molecule has 0 aromatic rings. The monoisotopic (exact) mass is 295 g/mol. The van der Waals surface area contributed by atoms with Crippen molar-refractivity contribution in [2.45, 2.75) is 103 Å². The molecule has 0 radical (unpaired) electrons. The molecule has 0 aromatic heterocycles. The zero-order valence-corrected chi connectivity index (χ0v) is 14.3. The van der Waals surface area contributed by atoms with Gasteiger partial charge in [-0.05, 0) is 32.1 Å². The number of unbranched alkanes of at least 4 members (excludes halogenated alkanes) is 10. The number of carbonyl (C=O) groups is 1. The summed E-state index contributed by atoms with van der Waals surface area (Å²) in [5.74, 6) is -0.168. The Labute approximate surface area is 132 Å². The van der Waals surface area contributed by atoms with Crippen LogP contribution in [0.4, 0.5) is 0 Å². The lowest BCUT2D eigenvalue weighted by Crippen LogP contribution is -2.09. The van der Waals surface area contributed by atoms with Crippen LogP contribution in [0.2, 0.25) is 0 Å². The van der Waals surface area contributed by atoms with Crippen LogP contribution in [0.1, 0.15) is 103 Å². The van der Waals surface area contributed by atoms with Gasteiger partial charge < -0.3 is 5.73 Å². The molecule has 0 fully saturated rings. The predicted octanol–water partition coefficient (Wildman–Crippen LogP) is 5.90. The van der Waals surface area contributed by atoms with Gasteiger partial charge in [0.15, 0.2) is 0 Å². The van der Waals surface area contributed by atoms with Crippen molar-refractivity contribution in [1.82, 2.24) is 0 Å². The topological polar surface area (TPSA) is 43.1 Å². The van der Waals surface area contributed by atoms with Crippen molar-refractivity contribution in [3.8, 4) is 0 Å². The van der Waals surface area contributed by atoms with Gasteiger partial charge in [0.2, 0.25) is 5.91 Å². The minimum atomic E-state index is -0.168. The third kappa shape index (κ3) is 17.2. The first-order valence-corrected chi connectivity index (χ1v) is 9.11. The summed E-state index contributed by atoms with van der Waals surface area (Å²) in [6, 6.07) is 0. The maximum absolute atomic E-state index is 10.6. The number of carbonyl (C=O) groups excluding carboxylic acids is 1. The first kappa shape index (κ1) is 20.2. The van der Waals surface area contributed by atoms with Gasteiger partial charge in [0.1, 0.15) is 0 Å². The van der Waals surface area contributed by atoms with E-state index in [1.807, 2.05) is 0 Å². The Hall–Kier alpha value is -0.790. The molecule has 2 nitrogen and oxygen atoms in total. The SMILES string of the molecule is C=C(CCCCCCCCC)CCCCCCCC(N)=O. The van der Waals surface area contributed by atoms with Crippen LogP contribution in [0.15, 0.2) is 12.2 Å². The van der Waals surface area contributed by atoms with Crippen LogP contribution in [0, 0.1) is 0 Å². The highest BCUT2D eigenvalue weighted by Gasteiger charge is 1.98. The molecule has 2 heteroatoms. The lowest BCUT2D eigenvalue weighted by molar-refractivity contribution is -0.118. The van der Waals surface area contributed by atoms with E-state index in [0.29, 0.717) is 6.42 Å². The maximum Gasteiger partial charge on any atom is 0.217 e. The number of rotatable bonds is 16. The largest absolute Gasteiger partial charge is 0.370 e. The van der Waals surface area contributed by atoms with Crippen molar-refractivity contribution in [1.29, 1.82) is 0 Å². The van der Waals surface area contributed by atoms with Gasteiger partial charge in [-0.15, -0.1) is 0 Å². The van der Waals surface area contributed by atoms with E-state index in [4.69, 9.17) is 5.73 Å². The van der Waals surface area contributed by atoms with Crippen LogP contribution >= 0.6 is 0 Å². The lowest BCUT2D eigenvalue weighted by Gasteiger charge is -2.06. The van der Waals surface area contributed by atoms with Crippen molar-refractivity contribution in [2.24, 2.45) is 5.73 Å². The number of primary amides is 1. The van der Waals surface area contributed by atoms with Crippen LogP contribution in [0.25, 0.3) is 0 Å². The molecule has 124 valence electrons. The average Bonchev–Trinajstić information content (AvgIpc) is 2.45. The molecule has 0 atom stereocenters. The second kappa shape index (κ2) is 15.6. The van der Waals surface area contributed by atoms with Gasteiger partial charge >= 0.3 is 0 Å². The molecule has 21 heavy (non-hydrogen) atoms. The van der Waals surface area contributed by atoms with Crippen molar-refractivity contribution < 1.29 is 4.79 Å². The third-order valence-corrected chi connectivity index (χ3v) is 4.09. The summed E-state index contributed by atoms with van der Waals surface area (Å²) >= 11 is 0. The minimum absolute atomic E-state index is 0.168. The lowest BCUT2D eigenvalue weighted by atomic mass is 10.0. The highest BCUT2D eigenvalue weighted by atomic mass is 16.1. The van der Waals surface area contributed by atoms with Crippen LogP contribution in [-0.4, -0.2) is 5.91 Å². The molecule has 0 aliphatic carbocycles. The van der Waals surface area contributed by atoms with Crippen LogP contribution in [0.3, 0.4) is 0 Å². The number of hydrogen-bond donors (Lipinski definition) is 1. The van der Waals surface area contributed by atoms with E-state index in [9.17, 15) is 4.79 Å². The minimum Gasteiger partial charge on any atom is -0.370 e. The Morgan fingerprint density at radius 3 is 1.52 bits per heavy atom. The van der Waals surface area contributed by atoms with Crippen molar-refractivity contribution in [3.63, 3.8) is 0 Å². The van der Waals surface area contributed by atoms with E-state index in [1.165, 1.54) is 82.6 Å². The highest BCUT2D eigenvalue weighted by Crippen LogP contribution is 2.16. The van der Waals surface area contributed by atoms with Gasteiger partial charge in [0.25, 0.3) is 0 Å². The van der Waals surface area contributed by atoms with Gasteiger partial charge in [0, 0.05) is 6.42 Å². The summed E-state index contributed by atoms with van der Waals surface area (Å²) in [6.45, 7) is 6.46. The Morgan fingerprint density at radius 1 is 0.714 bits per heavy atom. The van der Waals surface area contributed by atoms with Gasteiger partial charge in [0.05, 0.1) is 0 Å². The van der Waals surface area contributed by atoms with Gasteiger partial charge in [-0.2, -0.15) is 0 Å². The summed E-state index contributed by atoms with van der Waals surface area (Å²) in [6.07, 6.45) is 18.4. The third-order valence-electron chi connectivity index (χ3n) is 4.09. The zero-order valence-electron chi connectivity index (χ0n) is 14.3. The summed E-state index contributed by atoms with van der Waals surface area (Å²) in [7, 11) is 0. The van der Waals surface area contributed by atoms with E-state index in [-0.39, 0.29) is 5.91 Å². The van der Waals surface area contributed by atoms with Gasteiger partial charge in [-0.25, -0.2) is 0 Å². The smallest absolute Gasteiger partial charge is 0.217 e. The fourth-order valence-corrected chi connectivity index (χ4v) is 2.66. The molecule has 0 rings (SSSR count). The molecule has 0 aliphatic rings. The Balaban J connectivity index is 3.18. The first-order chi connectivity index (χ1) is 10.2.